The largest absolute Gasteiger partial charge is 0.474 e. The third-order valence-corrected chi connectivity index (χ3v) is 4.60. The Hall–Kier alpha value is -2.41. The number of carbonyl (C=O) groups is 1. The fourth-order valence-corrected chi connectivity index (χ4v) is 3.25. The van der Waals surface area contributed by atoms with Crippen LogP contribution in [0.15, 0.2) is 30.6 Å². The highest BCUT2D eigenvalue weighted by molar-refractivity contribution is 6.28. The standard InChI is InChI=1S/C19H23ClN4O3/c1-2-26-17(25)11-13-12-22-19(20)24-18(13)23-14-6-8-15(9-7-14)27-16-5-3-4-10-21-16/h3-5,10,12,14-15H,2,6-9,11H2,1H3,(H,22,23,24). The second-order valence-electron chi connectivity index (χ2n) is 6.40. The first-order valence-corrected chi connectivity index (χ1v) is 9.53. The van der Waals surface area contributed by atoms with Crippen LogP contribution in [0.3, 0.4) is 0 Å². The number of aromatic nitrogens is 3. The number of rotatable bonds is 7. The Bertz CT molecular complexity index is 752. The van der Waals surface area contributed by atoms with Crippen LogP contribution in [0.5, 0.6) is 5.88 Å². The molecule has 2 aromatic heterocycles. The molecule has 1 saturated carbocycles. The van der Waals surface area contributed by atoms with Crippen molar-refractivity contribution in [2.75, 3.05) is 11.9 Å². The molecule has 0 aromatic carbocycles. The van der Waals surface area contributed by atoms with Gasteiger partial charge in [0.05, 0.1) is 13.0 Å². The maximum atomic E-state index is 11.8. The first-order valence-electron chi connectivity index (χ1n) is 9.15. The average molecular weight is 391 g/mol. The lowest BCUT2D eigenvalue weighted by atomic mass is 9.93. The monoisotopic (exact) mass is 390 g/mol. The number of hydrogen-bond acceptors (Lipinski definition) is 7. The first kappa shape index (κ1) is 19.4. The molecular weight excluding hydrogens is 368 g/mol. The molecule has 0 aliphatic heterocycles. The molecule has 0 unspecified atom stereocenters. The molecule has 0 atom stereocenters. The summed E-state index contributed by atoms with van der Waals surface area (Å²) in [7, 11) is 0. The summed E-state index contributed by atoms with van der Waals surface area (Å²) in [6, 6.07) is 5.89. The summed E-state index contributed by atoms with van der Waals surface area (Å²) in [5, 5.41) is 3.56. The van der Waals surface area contributed by atoms with Crippen molar-refractivity contribution in [3.8, 4) is 5.88 Å². The SMILES string of the molecule is CCOC(=O)Cc1cnc(Cl)nc1NC1CCC(Oc2ccccn2)CC1. The molecule has 7 nitrogen and oxygen atoms in total. The maximum absolute atomic E-state index is 11.8. The highest BCUT2D eigenvalue weighted by Crippen LogP contribution is 2.26. The van der Waals surface area contributed by atoms with E-state index in [1.54, 1.807) is 19.3 Å². The van der Waals surface area contributed by atoms with Gasteiger partial charge in [0, 0.05) is 30.1 Å². The number of nitrogens with zero attached hydrogens (tertiary/aromatic N) is 3. The number of hydrogen-bond donors (Lipinski definition) is 1. The summed E-state index contributed by atoms with van der Waals surface area (Å²) >= 11 is 5.94. The molecule has 0 saturated heterocycles. The second kappa shape index (κ2) is 9.50. The maximum Gasteiger partial charge on any atom is 0.310 e. The van der Waals surface area contributed by atoms with Crippen molar-refractivity contribution < 1.29 is 14.3 Å². The van der Waals surface area contributed by atoms with Crippen LogP contribution in [0.2, 0.25) is 5.28 Å². The summed E-state index contributed by atoms with van der Waals surface area (Å²) in [6.07, 6.45) is 7.27. The van der Waals surface area contributed by atoms with Crippen molar-refractivity contribution in [1.29, 1.82) is 0 Å². The van der Waals surface area contributed by atoms with Crippen molar-refractivity contribution in [3.05, 3.63) is 41.4 Å². The lowest BCUT2D eigenvalue weighted by Gasteiger charge is -2.30. The number of ether oxygens (including phenoxy) is 2. The van der Waals surface area contributed by atoms with Crippen LogP contribution in [0, 0.1) is 0 Å². The van der Waals surface area contributed by atoms with Gasteiger partial charge in [0.15, 0.2) is 0 Å². The van der Waals surface area contributed by atoms with Crippen LogP contribution in [0.1, 0.15) is 38.2 Å². The Morgan fingerprint density at radius 3 is 2.78 bits per heavy atom. The molecule has 1 aliphatic carbocycles. The van der Waals surface area contributed by atoms with E-state index in [1.807, 2.05) is 18.2 Å². The number of halogens is 1. The molecule has 0 spiro atoms. The summed E-state index contributed by atoms with van der Waals surface area (Å²) in [5.41, 5.74) is 0.685. The third kappa shape index (κ3) is 5.79. The number of esters is 1. The minimum atomic E-state index is -0.307. The molecular formula is C19H23ClN4O3. The zero-order valence-electron chi connectivity index (χ0n) is 15.2. The smallest absolute Gasteiger partial charge is 0.310 e. The number of anilines is 1. The highest BCUT2D eigenvalue weighted by atomic mass is 35.5. The van der Waals surface area contributed by atoms with Gasteiger partial charge in [-0.05, 0) is 50.3 Å². The molecule has 0 radical (unpaired) electrons. The minimum absolute atomic E-state index is 0.117. The van der Waals surface area contributed by atoms with E-state index in [0.717, 1.165) is 25.7 Å². The topological polar surface area (TPSA) is 86.2 Å². The van der Waals surface area contributed by atoms with E-state index in [4.69, 9.17) is 21.1 Å². The van der Waals surface area contributed by atoms with Crippen LogP contribution in [-0.2, 0) is 16.0 Å². The van der Waals surface area contributed by atoms with E-state index < -0.39 is 0 Å². The molecule has 1 N–H and O–H groups in total. The van der Waals surface area contributed by atoms with Crippen LogP contribution in [-0.4, -0.2) is 39.7 Å². The normalized spacial score (nSPS) is 19.3. The summed E-state index contributed by atoms with van der Waals surface area (Å²) < 4.78 is 10.9. The lowest BCUT2D eigenvalue weighted by Crippen LogP contribution is -2.32. The molecule has 3 rings (SSSR count). The van der Waals surface area contributed by atoms with E-state index in [9.17, 15) is 4.79 Å². The molecule has 1 aliphatic rings. The molecule has 144 valence electrons. The van der Waals surface area contributed by atoms with Crippen LogP contribution >= 0.6 is 11.6 Å². The summed E-state index contributed by atoms with van der Waals surface area (Å²) in [5.74, 6) is 0.948. The molecule has 1 fully saturated rings. The average Bonchev–Trinajstić information content (AvgIpc) is 2.67. The van der Waals surface area contributed by atoms with Gasteiger partial charge in [0.2, 0.25) is 11.2 Å². The third-order valence-electron chi connectivity index (χ3n) is 4.42. The Labute approximate surface area is 163 Å². The Morgan fingerprint density at radius 2 is 2.07 bits per heavy atom. The molecule has 8 heteroatoms. The fraction of sp³-hybridized carbons (Fsp3) is 0.474. The van der Waals surface area contributed by atoms with Crippen molar-refractivity contribution in [2.45, 2.75) is 51.2 Å². The molecule has 27 heavy (non-hydrogen) atoms. The minimum Gasteiger partial charge on any atom is -0.474 e. The zero-order chi connectivity index (χ0) is 19.1. The molecule has 0 bridgehead atoms. The number of pyridine rings is 1. The van der Waals surface area contributed by atoms with Crippen LogP contribution in [0.4, 0.5) is 5.82 Å². The number of nitrogens with one attached hydrogen (secondary N) is 1. The van der Waals surface area contributed by atoms with Crippen molar-refractivity contribution in [3.63, 3.8) is 0 Å². The fourth-order valence-electron chi connectivity index (χ4n) is 3.11. The number of carbonyl (C=O) groups excluding carboxylic acids is 1. The van der Waals surface area contributed by atoms with Crippen molar-refractivity contribution in [1.82, 2.24) is 15.0 Å². The van der Waals surface area contributed by atoms with Gasteiger partial charge in [0.1, 0.15) is 11.9 Å². The second-order valence-corrected chi connectivity index (χ2v) is 6.74. The molecule has 0 amide bonds. The van der Waals surface area contributed by atoms with Gasteiger partial charge in [-0.2, -0.15) is 0 Å². The van der Waals surface area contributed by atoms with Crippen molar-refractivity contribution in [2.24, 2.45) is 0 Å². The predicted molar refractivity (Wildman–Crippen MR) is 102 cm³/mol. The van der Waals surface area contributed by atoms with Crippen molar-refractivity contribution >= 4 is 23.4 Å². The van der Waals surface area contributed by atoms with Gasteiger partial charge in [0.25, 0.3) is 0 Å². The van der Waals surface area contributed by atoms with Gasteiger partial charge in [-0.25, -0.2) is 15.0 Å². The van der Waals surface area contributed by atoms with Crippen LogP contribution in [0.25, 0.3) is 0 Å². The molecule has 2 aromatic rings. The van der Waals surface area contributed by atoms with E-state index in [2.05, 4.69) is 20.3 Å². The van der Waals surface area contributed by atoms with Crippen LogP contribution < -0.4 is 10.1 Å². The van der Waals surface area contributed by atoms with E-state index >= 15 is 0 Å². The zero-order valence-corrected chi connectivity index (χ0v) is 16.0. The quantitative estimate of drug-likeness (QED) is 0.572. The van der Waals surface area contributed by atoms with Gasteiger partial charge < -0.3 is 14.8 Å². The molecule has 2 heterocycles. The lowest BCUT2D eigenvalue weighted by molar-refractivity contribution is -0.142. The highest BCUT2D eigenvalue weighted by Gasteiger charge is 2.24. The summed E-state index contributed by atoms with van der Waals surface area (Å²) in [4.78, 5) is 24.3. The van der Waals surface area contributed by atoms with Gasteiger partial charge in [-0.1, -0.05) is 6.07 Å². The van der Waals surface area contributed by atoms with Gasteiger partial charge >= 0.3 is 5.97 Å². The summed E-state index contributed by atoms with van der Waals surface area (Å²) in [6.45, 7) is 2.12. The van der Waals surface area contributed by atoms with E-state index in [1.165, 1.54) is 0 Å². The van der Waals surface area contributed by atoms with E-state index in [-0.39, 0.29) is 29.8 Å². The van der Waals surface area contributed by atoms with Gasteiger partial charge in [-0.15, -0.1) is 0 Å². The van der Waals surface area contributed by atoms with Gasteiger partial charge in [-0.3, -0.25) is 4.79 Å². The van der Waals surface area contributed by atoms with E-state index in [0.29, 0.717) is 23.9 Å². The Balaban J connectivity index is 1.56. The predicted octanol–water partition coefficient (Wildman–Crippen LogP) is 3.43. The first-order chi connectivity index (χ1) is 13.1. The Morgan fingerprint density at radius 1 is 1.26 bits per heavy atom. The Kier molecular flexibility index (Phi) is 6.81.